The number of halogens is 1. The number of aromatic nitrogens is 3. The summed E-state index contributed by atoms with van der Waals surface area (Å²) in [4.78, 5) is 29.6. The van der Waals surface area contributed by atoms with Crippen LogP contribution in [0.15, 0.2) is 53.7 Å². The molecule has 1 atom stereocenters. The zero-order valence-electron chi connectivity index (χ0n) is 23.5. The molecule has 0 aliphatic carbocycles. The van der Waals surface area contributed by atoms with Gasteiger partial charge < -0.3 is 9.80 Å². The summed E-state index contributed by atoms with van der Waals surface area (Å²) >= 11 is 7.63. The first-order valence-corrected chi connectivity index (χ1v) is 15.0. The number of carbonyl (C=O) groups excluding carboxylic acids is 2. The molecule has 1 aromatic heterocycles. The van der Waals surface area contributed by atoms with Crippen molar-refractivity contribution in [2.75, 3.05) is 31.3 Å². The van der Waals surface area contributed by atoms with Crippen molar-refractivity contribution in [1.82, 2.24) is 24.6 Å². The monoisotopic (exact) mass is 567 g/mol. The first kappa shape index (κ1) is 29.2. The van der Waals surface area contributed by atoms with Crippen LogP contribution in [0.3, 0.4) is 0 Å². The van der Waals surface area contributed by atoms with Crippen LogP contribution in [0.4, 0.5) is 0 Å². The molecule has 0 saturated carbocycles. The quantitative estimate of drug-likeness (QED) is 0.187. The number of nitrogens with zero attached hydrogens (tertiary/aromatic N) is 5. The van der Waals surface area contributed by atoms with E-state index in [0.29, 0.717) is 26.1 Å². The fourth-order valence-corrected chi connectivity index (χ4v) is 5.73. The highest BCUT2D eigenvalue weighted by atomic mass is 35.5. The highest BCUT2D eigenvalue weighted by molar-refractivity contribution is 7.99. The average Bonchev–Trinajstić information content (AvgIpc) is 3.34. The molecule has 1 aliphatic heterocycles. The third-order valence-corrected chi connectivity index (χ3v) is 8.81. The lowest BCUT2D eigenvalue weighted by molar-refractivity contribution is -0.148. The first-order valence-electron chi connectivity index (χ1n) is 13.5. The molecule has 7 nitrogen and oxygen atoms in total. The average molecular weight is 568 g/mol. The van der Waals surface area contributed by atoms with E-state index in [1.54, 1.807) is 11.8 Å². The van der Waals surface area contributed by atoms with Gasteiger partial charge in [-0.25, -0.2) is 0 Å². The predicted octanol–water partition coefficient (Wildman–Crippen LogP) is 5.75. The Kier molecular flexibility index (Phi) is 9.39. The van der Waals surface area contributed by atoms with Crippen LogP contribution in [0.5, 0.6) is 0 Å². The van der Waals surface area contributed by atoms with Crippen molar-refractivity contribution in [3.63, 3.8) is 0 Å². The van der Waals surface area contributed by atoms with Crippen molar-refractivity contribution in [2.24, 2.45) is 5.41 Å². The molecule has 2 aromatic carbocycles. The summed E-state index contributed by atoms with van der Waals surface area (Å²) in [6.07, 6.45) is 1.20. The maximum atomic E-state index is 13.0. The van der Waals surface area contributed by atoms with Crippen molar-refractivity contribution in [3.8, 4) is 17.1 Å². The molecule has 4 rings (SSSR count). The molecule has 1 unspecified atom stereocenters. The third-order valence-electron chi connectivity index (χ3n) is 7.12. The van der Waals surface area contributed by atoms with Gasteiger partial charge in [0.15, 0.2) is 11.0 Å². The number of carbonyl (C=O) groups is 2. The lowest BCUT2D eigenvalue weighted by Crippen LogP contribution is -2.58. The normalized spacial score (nSPS) is 16.0. The summed E-state index contributed by atoms with van der Waals surface area (Å²) in [6.45, 7) is 11.5. The summed E-state index contributed by atoms with van der Waals surface area (Å²) in [5.74, 6) is 2.02. The number of amides is 2. The number of hydrogen-bond donors (Lipinski definition) is 0. The van der Waals surface area contributed by atoms with Crippen LogP contribution < -0.4 is 0 Å². The summed E-state index contributed by atoms with van der Waals surface area (Å²) in [7, 11) is 0. The van der Waals surface area contributed by atoms with E-state index >= 15 is 0 Å². The Bertz CT molecular complexity index is 1310. The molecular weight excluding hydrogens is 530 g/mol. The Morgan fingerprint density at radius 1 is 1.05 bits per heavy atom. The number of benzene rings is 2. The molecule has 1 saturated heterocycles. The number of alkyl halides is 1. The SMILES string of the molecule is Cc1ccc(-c2nnc(SCCCC(=O)N3CCN(C(=O)C(C)(C)CCl)C(C)C3)n2-c2cccc(C)c2)cc1. The van der Waals surface area contributed by atoms with Gasteiger partial charge in [-0.05, 0) is 58.7 Å². The largest absolute Gasteiger partial charge is 0.339 e. The van der Waals surface area contributed by atoms with Crippen LogP contribution in [0.25, 0.3) is 17.1 Å². The van der Waals surface area contributed by atoms with Gasteiger partial charge in [0.05, 0.1) is 5.41 Å². The van der Waals surface area contributed by atoms with E-state index in [1.165, 1.54) is 11.1 Å². The second-order valence-electron chi connectivity index (χ2n) is 11.0. The van der Waals surface area contributed by atoms with Crippen LogP contribution in [0, 0.1) is 19.3 Å². The first-order chi connectivity index (χ1) is 18.6. The molecule has 39 heavy (non-hydrogen) atoms. The van der Waals surface area contributed by atoms with Gasteiger partial charge in [-0.1, -0.05) is 53.7 Å². The van der Waals surface area contributed by atoms with Gasteiger partial charge in [-0.2, -0.15) is 0 Å². The summed E-state index contributed by atoms with van der Waals surface area (Å²) < 4.78 is 2.10. The lowest BCUT2D eigenvalue weighted by atomic mass is 9.93. The molecule has 1 aliphatic rings. The number of piperazine rings is 1. The van der Waals surface area contributed by atoms with Gasteiger partial charge in [-0.15, -0.1) is 21.8 Å². The van der Waals surface area contributed by atoms with Gasteiger partial charge in [0.25, 0.3) is 0 Å². The minimum absolute atomic E-state index is 0.0276. The molecule has 0 N–H and O–H groups in total. The smallest absolute Gasteiger partial charge is 0.229 e. The minimum Gasteiger partial charge on any atom is -0.339 e. The van der Waals surface area contributed by atoms with Crippen LogP contribution in [-0.2, 0) is 9.59 Å². The van der Waals surface area contributed by atoms with Crippen molar-refractivity contribution in [1.29, 1.82) is 0 Å². The van der Waals surface area contributed by atoms with Crippen molar-refractivity contribution in [2.45, 2.75) is 58.7 Å². The Labute approximate surface area is 240 Å². The van der Waals surface area contributed by atoms with Crippen LogP contribution in [-0.4, -0.2) is 73.7 Å². The van der Waals surface area contributed by atoms with E-state index in [9.17, 15) is 9.59 Å². The Morgan fingerprint density at radius 2 is 1.79 bits per heavy atom. The van der Waals surface area contributed by atoms with E-state index in [1.807, 2.05) is 36.6 Å². The van der Waals surface area contributed by atoms with E-state index in [4.69, 9.17) is 11.6 Å². The summed E-state index contributed by atoms with van der Waals surface area (Å²) in [5, 5.41) is 9.87. The zero-order chi connectivity index (χ0) is 28.2. The molecule has 0 bridgehead atoms. The fraction of sp³-hybridized carbons (Fsp3) is 0.467. The van der Waals surface area contributed by atoms with E-state index < -0.39 is 5.41 Å². The predicted molar refractivity (Wildman–Crippen MR) is 158 cm³/mol. The second kappa shape index (κ2) is 12.6. The van der Waals surface area contributed by atoms with Crippen LogP contribution in [0.2, 0.25) is 0 Å². The maximum Gasteiger partial charge on any atom is 0.229 e. The molecular formula is C30H38ClN5O2S. The molecule has 2 amide bonds. The van der Waals surface area contributed by atoms with Crippen molar-refractivity contribution < 1.29 is 9.59 Å². The van der Waals surface area contributed by atoms with Gasteiger partial charge >= 0.3 is 0 Å². The van der Waals surface area contributed by atoms with Crippen molar-refractivity contribution >= 4 is 35.2 Å². The topological polar surface area (TPSA) is 71.3 Å². The molecule has 2 heterocycles. The molecule has 208 valence electrons. The third kappa shape index (κ3) is 6.84. The minimum atomic E-state index is -0.600. The molecule has 9 heteroatoms. The Balaban J connectivity index is 1.37. The standard InChI is InChI=1S/C30H38ClN5O2S/c1-21-11-13-24(14-12-21)27-32-33-29(36(27)25-9-6-8-22(2)18-25)39-17-7-10-26(37)34-15-16-35(23(3)19-34)28(38)30(4,5)20-31/h6,8-9,11-14,18,23H,7,10,15-17,19-20H2,1-5H3. The van der Waals surface area contributed by atoms with E-state index in [-0.39, 0.29) is 23.7 Å². The van der Waals surface area contributed by atoms with E-state index in [0.717, 1.165) is 34.4 Å². The molecule has 3 aromatic rings. The Morgan fingerprint density at radius 3 is 2.46 bits per heavy atom. The van der Waals surface area contributed by atoms with Gasteiger partial charge in [0.2, 0.25) is 11.8 Å². The zero-order valence-corrected chi connectivity index (χ0v) is 25.1. The van der Waals surface area contributed by atoms with Gasteiger partial charge in [0.1, 0.15) is 0 Å². The lowest BCUT2D eigenvalue weighted by Gasteiger charge is -2.42. The molecule has 0 spiro atoms. The van der Waals surface area contributed by atoms with Gasteiger partial charge in [0, 0.05) is 55.0 Å². The second-order valence-corrected chi connectivity index (χ2v) is 12.3. The molecule has 0 radical (unpaired) electrons. The Hall–Kier alpha value is -2.84. The number of aryl methyl sites for hydroxylation is 2. The van der Waals surface area contributed by atoms with Gasteiger partial charge in [-0.3, -0.25) is 14.2 Å². The maximum absolute atomic E-state index is 13.0. The summed E-state index contributed by atoms with van der Waals surface area (Å²) in [5.41, 5.74) is 3.80. The fourth-order valence-electron chi connectivity index (χ4n) is 4.73. The van der Waals surface area contributed by atoms with Crippen LogP contribution in [0.1, 0.15) is 44.7 Å². The summed E-state index contributed by atoms with van der Waals surface area (Å²) in [6, 6.07) is 16.6. The highest BCUT2D eigenvalue weighted by Gasteiger charge is 2.36. The number of thioether (sulfide) groups is 1. The van der Waals surface area contributed by atoms with E-state index in [2.05, 4.69) is 71.1 Å². The van der Waals surface area contributed by atoms with Crippen LogP contribution >= 0.6 is 23.4 Å². The molecule has 1 fully saturated rings. The number of rotatable bonds is 9. The number of hydrogen-bond acceptors (Lipinski definition) is 5. The highest BCUT2D eigenvalue weighted by Crippen LogP contribution is 2.29. The van der Waals surface area contributed by atoms with Crippen molar-refractivity contribution in [3.05, 3.63) is 59.7 Å².